The molecule has 5 heterocycles. The molecule has 0 saturated heterocycles. The predicted octanol–water partition coefficient (Wildman–Crippen LogP) is 18.5. The Hall–Kier alpha value is -5.74. The van der Waals surface area contributed by atoms with E-state index in [9.17, 15) is 0 Å². The fourth-order valence-corrected chi connectivity index (χ4v) is 10.2. The van der Waals surface area contributed by atoms with Gasteiger partial charge in [-0.2, -0.15) is 0 Å². The third kappa shape index (κ3) is 12.4. The fraction of sp³-hybridized carbons (Fsp3) is 0.397. The fourth-order valence-electron chi connectivity index (χ4n) is 10.2. The van der Waals surface area contributed by atoms with Crippen LogP contribution in [0, 0.1) is 6.92 Å². The Balaban J connectivity index is 1.36. The Morgan fingerprint density at radius 2 is 0.761 bits per heavy atom. The lowest BCUT2D eigenvalue weighted by Gasteiger charge is -2.12. The SMILES string of the molecule is CCCCCCc1cc(CCCCCC)cc(-c2c3nc(c(-c4ccc(C)cc4)c4ccc([nH]4)c(-c4cc(CCCCCC)cc(CCCCCC)c4)c4nc(cc5ccc2[nH]5)C=C4)C=C3)c1. The van der Waals surface area contributed by atoms with E-state index in [4.69, 9.17) is 9.97 Å². The van der Waals surface area contributed by atoms with Gasteiger partial charge in [0.1, 0.15) is 0 Å². The van der Waals surface area contributed by atoms with Gasteiger partial charge in [0.25, 0.3) is 0 Å². The highest BCUT2D eigenvalue weighted by Crippen LogP contribution is 2.38. The molecule has 8 rings (SSSR count). The number of aryl methyl sites for hydroxylation is 5. The molecule has 0 radical (unpaired) electrons. The maximum absolute atomic E-state index is 5.63. The van der Waals surface area contributed by atoms with Crippen molar-refractivity contribution in [2.45, 2.75) is 163 Å². The van der Waals surface area contributed by atoms with Crippen LogP contribution in [0.3, 0.4) is 0 Å². The van der Waals surface area contributed by atoms with Gasteiger partial charge in [-0.3, -0.25) is 0 Å². The van der Waals surface area contributed by atoms with Crippen LogP contribution in [0.25, 0.3) is 79.8 Å². The average Bonchev–Trinajstić information content (AvgIpc) is 4.19. The molecule has 6 aromatic rings. The second kappa shape index (κ2) is 23.8. The summed E-state index contributed by atoms with van der Waals surface area (Å²) in [6.45, 7) is 11.4. The smallest absolute Gasteiger partial charge is 0.0737 e. The first-order chi connectivity index (χ1) is 32.9. The number of unbranched alkanes of at least 4 members (excludes halogenated alkanes) is 12. The number of H-pyrrole nitrogens is 2. The molecule has 0 fully saturated rings. The average molecular weight is 889 g/mol. The van der Waals surface area contributed by atoms with Crippen molar-refractivity contribution in [1.29, 1.82) is 0 Å². The zero-order valence-corrected chi connectivity index (χ0v) is 41.5. The molecule has 0 atom stereocenters. The van der Waals surface area contributed by atoms with Crippen LogP contribution in [0.1, 0.15) is 181 Å². The van der Waals surface area contributed by atoms with E-state index in [1.165, 1.54) is 142 Å². The van der Waals surface area contributed by atoms with Crippen molar-refractivity contribution < 1.29 is 0 Å². The van der Waals surface area contributed by atoms with Crippen LogP contribution in [-0.2, 0) is 25.7 Å². The minimum atomic E-state index is 0.945. The highest BCUT2D eigenvalue weighted by atomic mass is 14.8. The van der Waals surface area contributed by atoms with E-state index < -0.39 is 0 Å². The monoisotopic (exact) mass is 889 g/mol. The Bertz CT molecular complexity index is 2680. The van der Waals surface area contributed by atoms with Crippen LogP contribution in [0.4, 0.5) is 0 Å². The van der Waals surface area contributed by atoms with Gasteiger partial charge >= 0.3 is 0 Å². The molecule has 0 saturated carbocycles. The zero-order chi connectivity index (χ0) is 46.4. The zero-order valence-electron chi connectivity index (χ0n) is 41.5. The third-order valence-electron chi connectivity index (χ3n) is 13.9. The van der Waals surface area contributed by atoms with Gasteiger partial charge in [0.05, 0.1) is 22.8 Å². The van der Waals surface area contributed by atoms with E-state index in [2.05, 4.69) is 160 Å². The third-order valence-corrected chi connectivity index (χ3v) is 13.9. The van der Waals surface area contributed by atoms with Crippen molar-refractivity contribution in [2.24, 2.45) is 0 Å². The number of aromatic nitrogens is 4. The normalized spacial score (nSPS) is 12.1. The van der Waals surface area contributed by atoms with Gasteiger partial charge in [0.2, 0.25) is 0 Å². The molecular weight excluding hydrogens is 813 g/mol. The summed E-state index contributed by atoms with van der Waals surface area (Å²) in [5.74, 6) is 0. The molecule has 2 aliphatic heterocycles. The molecule has 0 aliphatic carbocycles. The number of nitrogens with zero attached hydrogens (tertiary/aromatic N) is 2. The Morgan fingerprint density at radius 1 is 0.358 bits per heavy atom. The first kappa shape index (κ1) is 47.7. The van der Waals surface area contributed by atoms with Crippen molar-refractivity contribution in [1.82, 2.24) is 19.9 Å². The van der Waals surface area contributed by atoms with Gasteiger partial charge in [-0.15, -0.1) is 0 Å². The summed E-state index contributed by atoms with van der Waals surface area (Å²) in [5.41, 5.74) is 22.1. The van der Waals surface area contributed by atoms with Gasteiger partial charge in [0.15, 0.2) is 0 Å². The first-order valence-electron chi connectivity index (χ1n) is 26.4. The summed E-state index contributed by atoms with van der Waals surface area (Å²) in [5, 5.41) is 0. The molecule has 3 aromatic carbocycles. The van der Waals surface area contributed by atoms with E-state index in [0.717, 1.165) is 92.8 Å². The minimum Gasteiger partial charge on any atom is -0.355 e. The highest BCUT2D eigenvalue weighted by Gasteiger charge is 2.19. The largest absolute Gasteiger partial charge is 0.355 e. The molecule has 348 valence electrons. The van der Waals surface area contributed by atoms with Crippen molar-refractivity contribution in [3.63, 3.8) is 0 Å². The molecular formula is C63H76N4. The summed E-state index contributed by atoms with van der Waals surface area (Å²) in [6, 6.07) is 34.9. The van der Waals surface area contributed by atoms with Crippen LogP contribution < -0.4 is 0 Å². The summed E-state index contributed by atoms with van der Waals surface area (Å²) < 4.78 is 0. The van der Waals surface area contributed by atoms with E-state index >= 15 is 0 Å². The van der Waals surface area contributed by atoms with Crippen LogP contribution in [0.2, 0.25) is 0 Å². The lowest BCUT2D eigenvalue weighted by Crippen LogP contribution is -1.95. The number of rotatable bonds is 23. The van der Waals surface area contributed by atoms with Crippen molar-refractivity contribution in [2.75, 3.05) is 0 Å². The topological polar surface area (TPSA) is 57.4 Å². The van der Waals surface area contributed by atoms with Gasteiger partial charge in [0, 0.05) is 38.8 Å². The minimum absolute atomic E-state index is 0.945. The molecule has 8 bridgehead atoms. The number of nitrogens with one attached hydrogen (secondary N) is 2. The van der Waals surface area contributed by atoms with E-state index in [-0.39, 0.29) is 0 Å². The molecule has 0 unspecified atom stereocenters. The molecule has 0 spiro atoms. The second-order valence-corrected chi connectivity index (χ2v) is 19.5. The lowest BCUT2D eigenvalue weighted by molar-refractivity contribution is 0.661. The standard InChI is InChI=1S/C63H76N4/c1-6-10-14-18-22-46-38-47(23-19-15-11-7-2)41-51(40-46)62-55-32-30-53(64-55)44-54-31-33-56(65-54)63(52-42-48(24-20-16-12-8-3)39-49(43-52)25-21-17-13-9-4)60-37-35-58(67-60)61(57-34-36-59(62)66-57)50-28-26-45(5)27-29-50/h26-44,64,67H,6-25H2,1-5H3. The van der Waals surface area contributed by atoms with Gasteiger partial charge in [-0.1, -0.05) is 171 Å². The summed E-state index contributed by atoms with van der Waals surface area (Å²) in [6.07, 6.45) is 33.4. The van der Waals surface area contributed by atoms with Crippen LogP contribution >= 0.6 is 0 Å². The summed E-state index contributed by atoms with van der Waals surface area (Å²) in [7, 11) is 0. The second-order valence-electron chi connectivity index (χ2n) is 19.5. The van der Waals surface area contributed by atoms with Gasteiger partial charge in [-0.05, 0) is 152 Å². The number of hydrogen-bond donors (Lipinski definition) is 2. The number of benzene rings is 3. The van der Waals surface area contributed by atoms with Crippen molar-refractivity contribution in [3.8, 4) is 33.4 Å². The van der Waals surface area contributed by atoms with Gasteiger partial charge < -0.3 is 9.97 Å². The first-order valence-corrected chi connectivity index (χ1v) is 26.4. The quantitative estimate of drug-likeness (QED) is 0.0629. The van der Waals surface area contributed by atoms with Crippen LogP contribution in [0.5, 0.6) is 0 Å². The Kier molecular flexibility index (Phi) is 17.0. The maximum Gasteiger partial charge on any atom is 0.0737 e. The molecule has 4 nitrogen and oxygen atoms in total. The van der Waals surface area contributed by atoms with Crippen molar-refractivity contribution in [3.05, 3.63) is 142 Å². The maximum atomic E-state index is 5.63. The van der Waals surface area contributed by atoms with E-state index in [1.807, 2.05) is 0 Å². The lowest BCUT2D eigenvalue weighted by atomic mass is 9.94. The van der Waals surface area contributed by atoms with Crippen LogP contribution in [-0.4, -0.2) is 19.9 Å². The summed E-state index contributed by atoms with van der Waals surface area (Å²) in [4.78, 5) is 18.9. The van der Waals surface area contributed by atoms with E-state index in [0.29, 0.717) is 0 Å². The highest BCUT2D eigenvalue weighted by molar-refractivity contribution is 5.97. The number of hydrogen-bond acceptors (Lipinski definition) is 2. The molecule has 67 heavy (non-hydrogen) atoms. The van der Waals surface area contributed by atoms with Gasteiger partial charge in [-0.25, -0.2) is 9.97 Å². The summed E-state index contributed by atoms with van der Waals surface area (Å²) >= 11 is 0. The van der Waals surface area contributed by atoms with E-state index in [1.54, 1.807) is 0 Å². The van der Waals surface area contributed by atoms with Crippen LogP contribution in [0.15, 0.2) is 91.0 Å². The molecule has 2 aliphatic rings. The molecule has 3 aromatic heterocycles. The molecule has 4 heteroatoms. The number of fused-ring (bicyclic) bond motifs is 8. The number of aromatic amines is 2. The predicted molar refractivity (Wildman–Crippen MR) is 291 cm³/mol. The Morgan fingerprint density at radius 3 is 1.22 bits per heavy atom. The molecule has 0 amide bonds. The molecule has 2 N–H and O–H groups in total. The van der Waals surface area contributed by atoms with Crippen molar-refractivity contribution >= 4 is 46.4 Å². The Labute approximate surface area is 402 Å².